The van der Waals surface area contributed by atoms with Gasteiger partial charge in [0.25, 0.3) is 21.8 Å². The predicted molar refractivity (Wildman–Crippen MR) is 126 cm³/mol. The molecule has 0 aliphatic carbocycles. The summed E-state index contributed by atoms with van der Waals surface area (Å²) in [7, 11) is -2.39. The lowest BCUT2D eigenvalue weighted by Gasteiger charge is -2.23. The van der Waals surface area contributed by atoms with Gasteiger partial charge in [-0.05, 0) is 61.5 Å². The Morgan fingerprint density at radius 3 is 2.19 bits per heavy atom. The minimum Gasteiger partial charge on any atom is -0.355 e. The van der Waals surface area contributed by atoms with Gasteiger partial charge in [-0.3, -0.25) is 13.9 Å². The summed E-state index contributed by atoms with van der Waals surface area (Å²) in [5.41, 5.74) is 1.42. The number of hydrogen-bond acceptors (Lipinski definition) is 4. The maximum Gasteiger partial charge on any atom is 0.264 e. The number of nitrogens with zero attached hydrogens (tertiary/aromatic N) is 1. The number of sulfonamides is 1. The van der Waals surface area contributed by atoms with Gasteiger partial charge in [-0.25, -0.2) is 8.42 Å². The molecular weight excluding hydrogens is 450 g/mol. The molecule has 7 nitrogen and oxygen atoms in total. The predicted octanol–water partition coefficient (Wildman–Crippen LogP) is 4.17. The summed E-state index contributed by atoms with van der Waals surface area (Å²) >= 11 is 6.20. The van der Waals surface area contributed by atoms with Crippen molar-refractivity contribution < 1.29 is 18.0 Å². The number of rotatable bonds is 7. The Bertz CT molecular complexity index is 1230. The number of carbonyl (C=O) groups is 2. The molecule has 0 bridgehead atoms. The fraction of sp³-hybridized carbons (Fsp3) is 0.130. The summed E-state index contributed by atoms with van der Waals surface area (Å²) in [5, 5.41) is 5.31. The molecule has 9 heteroatoms. The van der Waals surface area contributed by atoms with Crippen molar-refractivity contribution in [3.05, 3.63) is 88.9 Å². The largest absolute Gasteiger partial charge is 0.355 e. The monoisotopic (exact) mass is 471 g/mol. The highest BCUT2D eigenvalue weighted by Gasteiger charge is 2.25. The normalized spacial score (nSPS) is 11.0. The number of nitrogens with one attached hydrogen (secondary N) is 2. The third-order valence-electron chi connectivity index (χ3n) is 4.73. The third kappa shape index (κ3) is 4.92. The second kappa shape index (κ2) is 9.84. The van der Waals surface area contributed by atoms with Crippen molar-refractivity contribution in [3.63, 3.8) is 0 Å². The van der Waals surface area contributed by atoms with Crippen LogP contribution < -0.4 is 14.9 Å². The number of halogens is 1. The second-order valence-corrected chi connectivity index (χ2v) is 9.03. The topological polar surface area (TPSA) is 95.6 Å². The zero-order chi connectivity index (χ0) is 23.3. The van der Waals surface area contributed by atoms with E-state index in [1.54, 1.807) is 61.5 Å². The molecule has 3 aromatic carbocycles. The highest BCUT2D eigenvalue weighted by Crippen LogP contribution is 2.27. The molecule has 0 heterocycles. The summed E-state index contributed by atoms with van der Waals surface area (Å²) in [6, 6.07) is 19.0. The van der Waals surface area contributed by atoms with E-state index in [2.05, 4.69) is 10.6 Å². The molecule has 3 rings (SSSR count). The molecule has 0 saturated heterocycles. The van der Waals surface area contributed by atoms with E-state index >= 15 is 0 Å². The molecule has 3 aromatic rings. The first kappa shape index (κ1) is 23.3. The van der Waals surface area contributed by atoms with Crippen LogP contribution in [-0.2, 0) is 10.0 Å². The lowest BCUT2D eigenvalue weighted by Crippen LogP contribution is -2.31. The molecule has 2 N–H and O–H groups in total. The van der Waals surface area contributed by atoms with Gasteiger partial charge < -0.3 is 10.6 Å². The fourth-order valence-electron chi connectivity index (χ4n) is 3.10. The first-order valence-corrected chi connectivity index (χ1v) is 11.6. The number of benzene rings is 3. The van der Waals surface area contributed by atoms with Crippen molar-refractivity contribution in [2.75, 3.05) is 23.2 Å². The van der Waals surface area contributed by atoms with Gasteiger partial charge in [0.1, 0.15) is 0 Å². The number of carbonyl (C=O) groups excluding carboxylic acids is 2. The molecule has 0 saturated carbocycles. The van der Waals surface area contributed by atoms with Crippen LogP contribution in [-0.4, -0.2) is 33.8 Å². The van der Waals surface area contributed by atoms with Crippen molar-refractivity contribution in [3.8, 4) is 0 Å². The SMILES string of the molecule is CCN(c1ccccc1)S(=O)(=O)c1ccc(Cl)c(C(=O)Nc2ccc(C(=O)NC)cc2)c1. The molecule has 0 fully saturated rings. The molecule has 0 spiro atoms. The minimum atomic E-state index is -3.92. The summed E-state index contributed by atoms with van der Waals surface area (Å²) in [5.74, 6) is -0.815. The van der Waals surface area contributed by atoms with E-state index in [0.29, 0.717) is 16.9 Å². The smallest absolute Gasteiger partial charge is 0.264 e. The minimum absolute atomic E-state index is 0.0206. The van der Waals surface area contributed by atoms with Gasteiger partial charge in [0.15, 0.2) is 0 Å². The van der Waals surface area contributed by atoms with Crippen LogP contribution in [0.15, 0.2) is 77.7 Å². The van der Waals surface area contributed by atoms with Gasteiger partial charge in [0.2, 0.25) is 0 Å². The summed E-state index contributed by atoms with van der Waals surface area (Å²) in [6.45, 7) is 1.95. The summed E-state index contributed by atoms with van der Waals surface area (Å²) < 4.78 is 27.8. The molecule has 0 aliphatic heterocycles. The van der Waals surface area contributed by atoms with Crippen LogP contribution in [0.4, 0.5) is 11.4 Å². The molecule has 32 heavy (non-hydrogen) atoms. The second-order valence-electron chi connectivity index (χ2n) is 6.76. The average molecular weight is 472 g/mol. The van der Waals surface area contributed by atoms with Crippen molar-refractivity contribution >= 4 is 44.8 Å². The van der Waals surface area contributed by atoms with Gasteiger partial charge in [-0.2, -0.15) is 0 Å². The van der Waals surface area contributed by atoms with E-state index in [9.17, 15) is 18.0 Å². The fourth-order valence-corrected chi connectivity index (χ4v) is 4.80. The first-order valence-electron chi connectivity index (χ1n) is 9.78. The molecular formula is C23H22ClN3O4S. The molecule has 0 aromatic heterocycles. The van der Waals surface area contributed by atoms with Crippen molar-refractivity contribution in [1.29, 1.82) is 0 Å². The molecule has 0 atom stereocenters. The highest BCUT2D eigenvalue weighted by atomic mass is 35.5. The van der Waals surface area contributed by atoms with Gasteiger partial charge in [-0.1, -0.05) is 29.8 Å². The Morgan fingerprint density at radius 1 is 0.938 bits per heavy atom. The number of para-hydroxylation sites is 1. The van der Waals surface area contributed by atoms with E-state index in [-0.39, 0.29) is 27.9 Å². The van der Waals surface area contributed by atoms with Crippen LogP contribution in [0.3, 0.4) is 0 Å². The van der Waals surface area contributed by atoms with Crippen LogP contribution in [0, 0.1) is 0 Å². The zero-order valence-corrected chi connectivity index (χ0v) is 19.1. The number of anilines is 2. The molecule has 0 radical (unpaired) electrons. The van der Waals surface area contributed by atoms with E-state index in [1.807, 2.05) is 0 Å². The highest BCUT2D eigenvalue weighted by molar-refractivity contribution is 7.92. The van der Waals surface area contributed by atoms with Gasteiger partial charge >= 0.3 is 0 Å². The Morgan fingerprint density at radius 2 is 1.59 bits per heavy atom. The molecule has 0 unspecified atom stereocenters. The van der Waals surface area contributed by atoms with Crippen LogP contribution in [0.5, 0.6) is 0 Å². The number of amides is 2. The Labute approximate surface area is 192 Å². The molecule has 166 valence electrons. The van der Waals surface area contributed by atoms with Crippen LogP contribution >= 0.6 is 11.6 Å². The van der Waals surface area contributed by atoms with Crippen molar-refractivity contribution in [2.45, 2.75) is 11.8 Å². The van der Waals surface area contributed by atoms with Crippen LogP contribution in [0.1, 0.15) is 27.6 Å². The summed E-state index contributed by atoms with van der Waals surface area (Å²) in [6.07, 6.45) is 0. The van der Waals surface area contributed by atoms with Gasteiger partial charge in [-0.15, -0.1) is 0 Å². The summed E-state index contributed by atoms with van der Waals surface area (Å²) in [4.78, 5) is 24.4. The van der Waals surface area contributed by atoms with E-state index in [1.165, 1.54) is 29.6 Å². The van der Waals surface area contributed by atoms with Gasteiger partial charge in [0, 0.05) is 24.8 Å². The number of hydrogen-bond donors (Lipinski definition) is 2. The zero-order valence-electron chi connectivity index (χ0n) is 17.5. The van der Waals surface area contributed by atoms with Crippen molar-refractivity contribution in [1.82, 2.24) is 5.32 Å². The maximum absolute atomic E-state index is 13.3. The Balaban J connectivity index is 1.89. The standard InChI is InChI=1S/C23H22ClN3O4S/c1-3-27(18-7-5-4-6-8-18)32(30,31)19-13-14-21(24)20(15-19)23(29)26-17-11-9-16(10-12-17)22(28)25-2/h4-15H,3H2,1-2H3,(H,25,28)(H,26,29). The van der Waals surface area contributed by atoms with E-state index < -0.39 is 15.9 Å². The third-order valence-corrected chi connectivity index (χ3v) is 6.96. The average Bonchev–Trinajstić information content (AvgIpc) is 2.80. The van der Waals surface area contributed by atoms with E-state index in [4.69, 9.17) is 11.6 Å². The molecule has 2 amide bonds. The Hall–Kier alpha value is -3.36. The Kier molecular flexibility index (Phi) is 7.17. The molecule has 0 aliphatic rings. The van der Waals surface area contributed by atoms with E-state index in [0.717, 1.165) is 0 Å². The van der Waals surface area contributed by atoms with Crippen LogP contribution in [0.25, 0.3) is 0 Å². The lowest BCUT2D eigenvalue weighted by atomic mass is 10.1. The van der Waals surface area contributed by atoms with Crippen LogP contribution in [0.2, 0.25) is 5.02 Å². The first-order chi connectivity index (χ1) is 15.3. The lowest BCUT2D eigenvalue weighted by molar-refractivity contribution is 0.0962. The maximum atomic E-state index is 13.3. The van der Waals surface area contributed by atoms with Gasteiger partial charge in [0.05, 0.1) is 21.2 Å². The quantitative estimate of drug-likeness (QED) is 0.540. The van der Waals surface area contributed by atoms with Crippen molar-refractivity contribution in [2.24, 2.45) is 0 Å².